The van der Waals surface area contributed by atoms with Gasteiger partial charge in [-0.15, -0.1) is 11.3 Å². The summed E-state index contributed by atoms with van der Waals surface area (Å²) in [5, 5.41) is 13.8. The third-order valence-corrected chi connectivity index (χ3v) is 4.15. The summed E-state index contributed by atoms with van der Waals surface area (Å²) in [6, 6.07) is 0. The molecule has 2 rings (SSSR count). The lowest BCUT2D eigenvalue weighted by Gasteiger charge is -2.07. The largest absolute Gasteiger partial charge is 0.481 e. The van der Waals surface area contributed by atoms with Gasteiger partial charge < -0.3 is 15.2 Å². The number of carboxylic acids is 1. The fraction of sp³-hybridized carbons (Fsp3) is 0.643. The van der Waals surface area contributed by atoms with E-state index >= 15 is 0 Å². The molecule has 6 nitrogen and oxygen atoms in total. The van der Waals surface area contributed by atoms with E-state index in [-0.39, 0.29) is 18.4 Å². The summed E-state index contributed by atoms with van der Waals surface area (Å²) in [6.07, 6.45) is 4.86. The maximum Gasteiger partial charge on any atom is 0.303 e. The molecule has 0 saturated carbocycles. The Morgan fingerprint density at radius 3 is 3.05 bits per heavy atom. The fourth-order valence-corrected chi connectivity index (χ4v) is 3.01. The van der Waals surface area contributed by atoms with E-state index < -0.39 is 5.97 Å². The summed E-state index contributed by atoms with van der Waals surface area (Å²) in [7, 11) is 0. The van der Waals surface area contributed by atoms with Crippen LogP contribution in [0.4, 0.5) is 5.13 Å². The first-order valence-corrected chi connectivity index (χ1v) is 8.09. The molecule has 1 aromatic heterocycles. The highest BCUT2D eigenvalue weighted by molar-refractivity contribution is 7.13. The summed E-state index contributed by atoms with van der Waals surface area (Å²) in [6.45, 7) is 0.804. The van der Waals surface area contributed by atoms with Gasteiger partial charge in [0.05, 0.1) is 11.8 Å². The molecule has 2 N–H and O–H groups in total. The van der Waals surface area contributed by atoms with Gasteiger partial charge in [-0.2, -0.15) is 0 Å². The van der Waals surface area contributed by atoms with Crippen molar-refractivity contribution in [2.24, 2.45) is 0 Å². The summed E-state index contributed by atoms with van der Waals surface area (Å²) < 4.78 is 5.48. The number of rotatable bonds is 8. The lowest BCUT2D eigenvalue weighted by Crippen LogP contribution is -2.15. The number of aryl methyl sites for hydroxylation is 1. The highest BCUT2D eigenvalue weighted by Crippen LogP contribution is 2.19. The van der Waals surface area contributed by atoms with Crippen LogP contribution in [0.25, 0.3) is 0 Å². The van der Waals surface area contributed by atoms with Gasteiger partial charge in [0.1, 0.15) is 0 Å². The number of aliphatic carboxylic acids is 1. The topological polar surface area (TPSA) is 88.5 Å². The van der Waals surface area contributed by atoms with Crippen molar-refractivity contribution in [3.8, 4) is 0 Å². The molecule has 1 saturated heterocycles. The van der Waals surface area contributed by atoms with Crippen LogP contribution >= 0.6 is 11.3 Å². The lowest BCUT2D eigenvalue weighted by atomic mass is 10.1. The number of carboxylic acid groups (broad SMARTS) is 1. The van der Waals surface area contributed by atoms with Crippen LogP contribution in [0, 0.1) is 0 Å². The van der Waals surface area contributed by atoms with Gasteiger partial charge in [0.15, 0.2) is 5.13 Å². The molecule has 0 spiro atoms. The van der Waals surface area contributed by atoms with E-state index in [0.29, 0.717) is 24.4 Å². The van der Waals surface area contributed by atoms with Crippen molar-refractivity contribution in [3.63, 3.8) is 0 Å². The zero-order valence-corrected chi connectivity index (χ0v) is 12.7. The van der Waals surface area contributed by atoms with Crippen molar-refractivity contribution in [2.45, 2.75) is 51.0 Å². The van der Waals surface area contributed by atoms with Crippen LogP contribution in [0.5, 0.6) is 0 Å². The Morgan fingerprint density at radius 2 is 2.33 bits per heavy atom. The second-order valence-electron chi connectivity index (χ2n) is 5.11. The number of carbonyl (C=O) groups is 2. The maximum atomic E-state index is 11.8. The molecule has 7 heteroatoms. The van der Waals surface area contributed by atoms with Crippen LogP contribution in [0.2, 0.25) is 0 Å². The highest BCUT2D eigenvalue weighted by atomic mass is 32.1. The minimum Gasteiger partial charge on any atom is -0.481 e. The number of anilines is 1. The fourth-order valence-electron chi connectivity index (χ4n) is 2.25. The number of hydrogen-bond donors (Lipinski definition) is 2. The van der Waals surface area contributed by atoms with Crippen LogP contribution in [0.1, 0.15) is 44.2 Å². The molecule has 1 aliphatic heterocycles. The summed E-state index contributed by atoms with van der Waals surface area (Å²) >= 11 is 1.37. The minimum absolute atomic E-state index is 0.0445. The normalized spacial score (nSPS) is 17.8. The molecule has 0 bridgehead atoms. The Kier molecular flexibility index (Phi) is 6.13. The number of aromatic nitrogens is 1. The second-order valence-corrected chi connectivity index (χ2v) is 5.97. The van der Waals surface area contributed by atoms with E-state index in [4.69, 9.17) is 9.84 Å². The molecule has 116 valence electrons. The molecule has 1 atom stereocenters. The molecule has 1 aromatic rings. The van der Waals surface area contributed by atoms with Crippen molar-refractivity contribution in [1.29, 1.82) is 0 Å². The standard InChI is InChI=1S/C14H20N2O4S/c17-12(7-6-11-4-2-8-20-11)16-14-15-10(9-21-14)3-1-5-13(18)19/h9,11H,1-8H2,(H,18,19)(H,15,16,17). The van der Waals surface area contributed by atoms with Crippen molar-refractivity contribution in [1.82, 2.24) is 4.98 Å². The van der Waals surface area contributed by atoms with Gasteiger partial charge in [-0.25, -0.2) is 4.98 Å². The molecule has 0 aromatic carbocycles. The number of nitrogens with one attached hydrogen (secondary N) is 1. The summed E-state index contributed by atoms with van der Waals surface area (Å²) in [4.78, 5) is 26.5. The van der Waals surface area contributed by atoms with Gasteiger partial charge in [0, 0.05) is 24.8 Å². The van der Waals surface area contributed by atoms with E-state index in [1.54, 1.807) is 0 Å². The third-order valence-electron chi connectivity index (χ3n) is 3.34. The molecule has 1 unspecified atom stereocenters. The van der Waals surface area contributed by atoms with Crippen molar-refractivity contribution in [2.75, 3.05) is 11.9 Å². The quantitative estimate of drug-likeness (QED) is 0.769. The minimum atomic E-state index is -0.798. The molecule has 1 fully saturated rings. The Bertz CT molecular complexity index is 483. The molecule has 1 aliphatic rings. The smallest absolute Gasteiger partial charge is 0.303 e. The monoisotopic (exact) mass is 312 g/mol. The molecule has 21 heavy (non-hydrogen) atoms. The van der Waals surface area contributed by atoms with E-state index in [0.717, 1.165) is 31.6 Å². The van der Waals surface area contributed by atoms with Crippen molar-refractivity contribution in [3.05, 3.63) is 11.1 Å². The number of ether oxygens (including phenoxy) is 1. The van der Waals surface area contributed by atoms with Gasteiger partial charge in [-0.05, 0) is 32.1 Å². The van der Waals surface area contributed by atoms with Gasteiger partial charge in [-0.3, -0.25) is 9.59 Å². The average Bonchev–Trinajstić information content (AvgIpc) is 3.08. The SMILES string of the molecule is O=C(O)CCCc1csc(NC(=O)CCC2CCCO2)n1. The van der Waals surface area contributed by atoms with Gasteiger partial charge >= 0.3 is 5.97 Å². The molecular formula is C14H20N2O4S. The summed E-state index contributed by atoms with van der Waals surface area (Å²) in [5.41, 5.74) is 0.829. The number of amides is 1. The molecule has 0 radical (unpaired) electrons. The van der Waals surface area contributed by atoms with E-state index in [1.807, 2.05) is 5.38 Å². The predicted octanol–water partition coefficient (Wildman–Crippen LogP) is 2.45. The third kappa shape index (κ3) is 5.81. The molecule has 1 amide bonds. The first-order valence-electron chi connectivity index (χ1n) is 7.21. The second kappa shape index (κ2) is 8.09. The van der Waals surface area contributed by atoms with E-state index in [2.05, 4.69) is 10.3 Å². The Labute approximate surface area is 127 Å². The Morgan fingerprint density at radius 1 is 1.48 bits per heavy atom. The van der Waals surface area contributed by atoms with Gasteiger partial charge in [0.25, 0.3) is 0 Å². The zero-order valence-electron chi connectivity index (χ0n) is 11.8. The molecular weight excluding hydrogens is 292 g/mol. The van der Waals surface area contributed by atoms with Gasteiger partial charge in [-0.1, -0.05) is 0 Å². The van der Waals surface area contributed by atoms with Crippen molar-refractivity contribution >= 4 is 28.3 Å². The average molecular weight is 312 g/mol. The van der Waals surface area contributed by atoms with Crippen LogP contribution in [-0.4, -0.2) is 34.7 Å². The van der Waals surface area contributed by atoms with Gasteiger partial charge in [0.2, 0.25) is 5.91 Å². The van der Waals surface area contributed by atoms with E-state index in [1.165, 1.54) is 11.3 Å². The van der Waals surface area contributed by atoms with Crippen LogP contribution < -0.4 is 5.32 Å². The Balaban J connectivity index is 1.68. The number of thiazole rings is 1. The molecule has 2 heterocycles. The predicted molar refractivity (Wildman–Crippen MR) is 79.5 cm³/mol. The number of nitrogens with zero attached hydrogens (tertiary/aromatic N) is 1. The first kappa shape index (κ1) is 15.9. The molecule has 0 aliphatic carbocycles. The van der Waals surface area contributed by atoms with E-state index in [9.17, 15) is 9.59 Å². The van der Waals surface area contributed by atoms with Crippen LogP contribution in [-0.2, 0) is 20.7 Å². The number of carbonyl (C=O) groups excluding carboxylic acids is 1. The number of hydrogen-bond acceptors (Lipinski definition) is 5. The lowest BCUT2D eigenvalue weighted by molar-refractivity contribution is -0.137. The first-order chi connectivity index (χ1) is 10.1. The van der Waals surface area contributed by atoms with Crippen LogP contribution in [0.3, 0.4) is 0 Å². The zero-order chi connectivity index (χ0) is 15.1. The summed E-state index contributed by atoms with van der Waals surface area (Å²) in [5.74, 6) is -0.843. The Hall–Kier alpha value is -1.47. The highest BCUT2D eigenvalue weighted by Gasteiger charge is 2.17. The van der Waals surface area contributed by atoms with Crippen molar-refractivity contribution < 1.29 is 19.4 Å². The van der Waals surface area contributed by atoms with Crippen LogP contribution in [0.15, 0.2) is 5.38 Å². The maximum absolute atomic E-state index is 11.8.